The van der Waals surface area contributed by atoms with Crippen molar-refractivity contribution in [1.29, 1.82) is 0 Å². The predicted molar refractivity (Wildman–Crippen MR) is 115 cm³/mol. The van der Waals surface area contributed by atoms with Crippen LogP contribution in [0.3, 0.4) is 0 Å². The minimum absolute atomic E-state index is 0.405. The van der Waals surface area contributed by atoms with Crippen LogP contribution in [0.1, 0.15) is 93.5 Å². The number of unbranched alkanes of at least 4 members (excludes halogenated alkanes) is 2. The van der Waals surface area contributed by atoms with E-state index in [1.807, 2.05) is 0 Å². The molecule has 2 aliphatic rings. The lowest BCUT2D eigenvalue weighted by molar-refractivity contribution is 0.157. The molecule has 0 heteroatoms. The summed E-state index contributed by atoms with van der Waals surface area (Å²) in [6.07, 6.45) is 14.8. The Morgan fingerprint density at radius 2 is 2.00 bits per heavy atom. The first kappa shape index (κ1) is 19.5. The van der Waals surface area contributed by atoms with Crippen molar-refractivity contribution in [3.05, 3.63) is 58.2 Å². The molecular weight excluding hydrogens is 312 g/mol. The fourth-order valence-corrected chi connectivity index (χ4v) is 5.70. The minimum Gasteiger partial charge on any atom is -0.103 e. The highest BCUT2D eigenvalue weighted by atomic mass is 14.5. The highest BCUT2D eigenvalue weighted by Crippen LogP contribution is 2.53. The quantitative estimate of drug-likeness (QED) is 0.368. The minimum atomic E-state index is 0.405. The molecule has 0 fully saturated rings. The second-order valence-corrected chi connectivity index (χ2v) is 9.51. The van der Waals surface area contributed by atoms with E-state index < -0.39 is 0 Å². The van der Waals surface area contributed by atoms with E-state index >= 15 is 0 Å². The predicted octanol–water partition coefficient (Wildman–Crippen LogP) is 7.48. The summed E-state index contributed by atoms with van der Waals surface area (Å²) >= 11 is 0. The number of allylic oxidation sites excluding steroid dienone is 3. The van der Waals surface area contributed by atoms with Crippen LogP contribution < -0.4 is 0 Å². The highest BCUT2D eigenvalue weighted by Gasteiger charge is 2.43. The first-order chi connectivity index (χ1) is 12.4. The standard InChI is InChI=1S/C26H38/c1-7-9-10-12-20-16-21-17-26(5,6)24-14-13-18(3)15-23(24)25(21)19(4)22(20)11-8-2/h8,15-16,23-24H,2,7,9-14,17H2,1,3-6H3. The fourth-order valence-electron chi connectivity index (χ4n) is 5.70. The molecule has 2 atom stereocenters. The molecule has 1 aromatic rings. The van der Waals surface area contributed by atoms with Gasteiger partial charge in [-0.15, -0.1) is 6.58 Å². The van der Waals surface area contributed by atoms with Crippen LogP contribution in [0.2, 0.25) is 0 Å². The number of fused-ring (bicyclic) bond motifs is 3. The van der Waals surface area contributed by atoms with E-state index in [0.717, 1.165) is 12.3 Å². The third kappa shape index (κ3) is 3.57. The van der Waals surface area contributed by atoms with Gasteiger partial charge in [-0.05, 0) is 91.5 Å². The number of aryl methyl sites for hydroxylation is 1. The number of hydrogen-bond acceptors (Lipinski definition) is 0. The molecule has 0 saturated carbocycles. The zero-order valence-electron chi connectivity index (χ0n) is 17.8. The van der Waals surface area contributed by atoms with Gasteiger partial charge in [0, 0.05) is 5.92 Å². The molecule has 26 heavy (non-hydrogen) atoms. The lowest BCUT2D eigenvalue weighted by Gasteiger charge is -2.47. The van der Waals surface area contributed by atoms with Crippen molar-refractivity contribution in [3.63, 3.8) is 0 Å². The van der Waals surface area contributed by atoms with Gasteiger partial charge < -0.3 is 0 Å². The molecule has 0 aliphatic heterocycles. The van der Waals surface area contributed by atoms with Crippen LogP contribution >= 0.6 is 0 Å². The van der Waals surface area contributed by atoms with E-state index in [-0.39, 0.29) is 0 Å². The van der Waals surface area contributed by atoms with Gasteiger partial charge in [-0.2, -0.15) is 0 Å². The van der Waals surface area contributed by atoms with Gasteiger partial charge in [0.25, 0.3) is 0 Å². The van der Waals surface area contributed by atoms with Crippen molar-refractivity contribution >= 4 is 0 Å². The van der Waals surface area contributed by atoms with Gasteiger partial charge >= 0.3 is 0 Å². The number of benzene rings is 1. The van der Waals surface area contributed by atoms with Gasteiger partial charge in [-0.1, -0.05) is 57.4 Å². The summed E-state index contributed by atoms with van der Waals surface area (Å²) in [5.41, 5.74) is 10.0. The van der Waals surface area contributed by atoms with E-state index in [9.17, 15) is 0 Å². The summed E-state index contributed by atoms with van der Waals surface area (Å²) in [6.45, 7) is 16.1. The van der Waals surface area contributed by atoms with Gasteiger partial charge in [0.1, 0.15) is 0 Å². The zero-order valence-corrected chi connectivity index (χ0v) is 17.8. The Balaban J connectivity index is 2.12. The summed E-state index contributed by atoms with van der Waals surface area (Å²) in [5, 5.41) is 0. The van der Waals surface area contributed by atoms with E-state index in [1.165, 1.54) is 44.9 Å². The molecule has 0 aromatic heterocycles. The molecule has 0 amide bonds. The maximum atomic E-state index is 4.05. The van der Waals surface area contributed by atoms with Crippen LogP contribution in [-0.2, 0) is 19.3 Å². The van der Waals surface area contributed by atoms with E-state index in [0.29, 0.717) is 11.3 Å². The van der Waals surface area contributed by atoms with E-state index in [2.05, 4.69) is 59.4 Å². The summed E-state index contributed by atoms with van der Waals surface area (Å²) < 4.78 is 0. The summed E-state index contributed by atoms with van der Waals surface area (Å²) in [7, 11) is 0. The van der Waals surface area contributed by atoms with Crippen molar-refractivity contribution in [2.24, 2.45) is 11.3 Å². The van der Waals surface area contributed by atoms with Gasteiger partial charge in [0.15, 0.2) is 0 Å². The molecule has 0 spiro atoms. The summed E-state index contributed by atoms with van der Waals surface area (Å²) in [4.78, 5) is 0. The first-order valence-electron chi connectivity index (χ1n) is 10.8. The SMILES string of the molecule is C=CCc1c(CCCCC)cc2c(c1C)C1C=C(C)CCC1C(C)(C)C2. The second kappa shape index (κ2) is 7.75. The molecule has 142 valence electrons. The first-order valence-corrected chi connectivity index (χ1v) is 10.8. The number of rotatable bonds is 6. The van der Waals surface area contributed by atoms with Crippen molar-refractivity contribution < 1.29 is 0 Å². The van der Waals surface area contributed by atoms with Gasteiger partial charge in [-0.3, -0.25) is 0 Å². The highest BCUT2D eigenvalue weighted by molar-refractivity contribution is 5.52. The third-order valence-corrected chi connectivity index (χ3v) is 7.07. The van der Waals surface area contributed by atoms with Gasteiger partial charge in [-0.25, -0.2) is 0 Å². The Labute approximate surface area is 161 Å². The summed E-state index contributed by atoms with van der Waals surface area (Å²) in [5.74, 6) is 1.41. The molecule has 0 bridgehead atoms. The lowest BCUT2D eigenvalue weighted by Crippen LogP contribution is -2.38. The van der Waals surface area contributed by atoms with E-state index in [4.69, 9.17) is 0 Å². The van der Waals surface area contributed by atoms with Crippen LogP contribution in [0.25, 0.3) is 0 Å². The van der Waals surface area contributed by atoms with E-state index in [1.54, 1.807) is 33.4 Å². The summed E-state index contributed by atoms with van der Waals surface area (Å²) in [6, 6.07) is 2.59. The normalized spacial score (nSPS) is 23.8. The smallest absolute Gasteiger partial charge is 0.00596 e. The monoisotopic (exact) mass is 350 g/mol. The molecule has 0 radical (unpaired) electrons. The molecule has 1 aromatic carbocycles. The van der Waals surface area contributed by atoms with Gasteiger partial charge in [0.05, 0.1) is 0 Å². The Kier molecular flexibility index (Phi) is 5.80. The van der Waals surface area contributed by atoms with Crippen LogP contribution in [0.15, 0.2) is 30.4 Å². The fraction of sp³-hybridized carbons (Fsp3) is 0.615. The third-order valence-electron chi connectivity index (χ3n) is 7.07. The molecule has 0 saturated heterocycles. The van der Waals surface area contributed by atoms with Crippen LogP contribution in [0.5, 0.6) is 0 Å². The lowest BCUT2D eigenvalue weighted by atomic mass is 9.57. The Hall–Kier alpha value is -1.30. The van der Waals surface area contributed by atoms with Crippen molar-refractivity contribution in [3.8, 4) is 0 Å². The second-order valence-electron chi connectivity index (χ2n) is 9.51. The van der Waals surface area contributed by atoms with Crippen molar-refractivity contribution in [2.75, 3.05) is 0 Å². The Morgan fingerprint density at radius 1 is 1.23 bits per heavy atom. The van der Waals surface area contributed by atoms with Crippen LogP contribution in [0.4, 0.5) is 0 Å². The number of hydrogen-bond donors (Lipinski definition) is 0. The van der Waals surface area contributed by atoms with Crippen LogP contribution in [-0.4, -0.2) is 0 Å². The van der Waals surface area contributed by atoms with Crippen molar-refractivity contribution in [1.82, 2.24) is 0 Å². The molecular formula is C26H38. The molecule has 2 aliphatic carbocycles. The maximum Gasteiger partial charge on any atom is 0.00596 e. The topological polar surface area (TPSA) is 0 Å². The van der Waals surface area contributed by atoms with Crippen molar-refractivity contribution in [2.45, 2.75) is 91.9 Å². The molecule has 2 unspecified atom stereocenters. The largest absolute Gasteiger partial charge is 0.103 e. The maximum absolute atomic E-state index is 4.05. The molecule has 0 N–H and O–H groups in total. The molecule has 0 nitrogen and oxygen atoms in total. The van der Waals surface area contributed by atoms with Gasteiger partial charge in [0.2, 0.25) is 0 Å². The zero-order chi connectivity index (χ0) is 18.9. The van der Waals surface area contributed by atoms with Crippen LogP contribution in [0, 0.1) is 18.3 Å². The average Bonchev–Trinajstić information content (AvgIpc) is 2.57. The molecule has 0 heterocycles. The Bertz CT molecular complexity index is 701. The molecule has 3 rings (SSSR count). The Morgan fingerprint density at radius 3 is 2.69 bits per heavy atom. The average molecular weight is 351 g/mol.